The fraction of sp³-hybridized carbons (Fsp3) is 0.348. The number of nitrogens with one attached hydrogen (secondary N) is 3. The lowest BCUT2D eigenvalue weighted by molar-refractivity contribution is 0.152. The van der Waals surface area contributed by atoms with Gasteiger partial charge in [0, 0.05) is 37.8 Å². The van der Waals surface area contributed by atoms with Gasteiger partial charge in [0.25, 0.3) is 0 Å². The number of nitrogens with zero attached hydrogens (tertiary/aromatic N) is 2. The third kappa shape index (κ3) is 9.12. The van der Waals surface area contributed by atoms with Crippen LogP contribution in [0.3, 0.4) is 0 Å². The average molecular weight is 480 g/mol. The Hall–Kier alpha value is -3.57. The number of allylic oxidation sites excluding steroid dienone is 3. The van der Waals surface area contributed by atoms with Crippen LogP contribution in [0.4, 0.5) is 8.78 Å². The molecule has 0 aliphatic rings. The summed E-state index contributed by atoms with van der Waals surface area (Å²) in [5.74, 6) is -1.80. The van der Waals surface area contributed by atoms with Gasteiger partial charge in [0.05, 0.1) is 45.3 Å². The van der Waals surface area contributed by atoms with Crippen LogP contribution in [0.5, 0.6) is 11.5 Å². The monoisotopic (exact) mass is 479 g/mol. The predicted molar refractivity (Wildman–Crippen MR) is 129 cm³/mol. The smallest absolute Gasteiger partial charge is 0.221 e. The number of guanidine groups is 1. The van der Waals surface area contributed by atoms with Crippen LogP contribution >= 0.6 is 0 Å². The number of benzene rings is 1. The summed E-state index contributed by atoms with van der Waals surface area (Å²) in [7, 11) is 4.06. The molecule has 0 saturated heterocycles. The van der Waals surface area contributed by atoms with Gasteiger partial charge in [-0.15, -0.1) is 0 Å². The average Bonchev–Trinajstić information content (AvgIpc) is 2.83. The second-order valence-electron chi connectivity index (χ2n) is 6.66. The van der Waals surface area contributed by atoms with Crippen LogP contribution < -0.4 is 20.1 Å². The lowest BCUT2D eigenvalue weighted by atomic mass is 10.1. The van der Waals surface area contributed by atoms with Crippen molar-refractivity contribution in [2.45, 2.75) is 13.5 Å². The van der Waals surface area contributed by atoms with Crippen LogP contribution in [0, 0.1) is 17.0 Å². The van der Waals surface area contributed by atoms with Crippen molar-refractivity contribution in [3.63, 3.8) is 0 Å². The molecule has 0 amide bonds. The maximum atomic E-state index is 14.3. The van der Waals surface area contributed by atoms with Crippen molar-refractivity contribution in [1.82, 2.24) is 10.6 Å². The van der Waals surface area contributed by atoms with Crippen LogP contribution in [0.15, 0.2) is 52.3 Å². The first-order chi connectivity index (χ1) is 16.3. The Morgan fingerprint density at radius 3 is 2.41 bits per heavy atom. The number of rotatable bonds is 13. The molecular weight excluding hydrogens is 448 g/mol. The van der Waals surface area contributed by atoms with Gasteiger partial charge in [-0.2, -0.15) is 0 Å². The van der Waals surface area contributed by atoms with Crippen molar-refractivity contribution in [2.24, 2.45) is 9.98 Å². The van der Waals surface area contributed by atoms with Crippen molar-refractivity contribution in [1.29, 1.82) is 5.41 Å². The normalized spacial score (nSPS) is 12.3. The van der Waals surface area contributed by atoms with Gasteiger partial charge < -0.3 is 35.4 Å². The maximum absolute atomic E-state index is 14.3. The highest BCUT2D eigenvalue weighted by Crippen LogP contribution is 2.31. The van der Waals surface area contributed by atoms with Crippen LogP contribution in [-0.2, 0) is 11.3 Å². The van der Waals surface area contributed by atoms with E-state index in [1.807, 2.05) is 0 Å². The SMILES string of the molecule is C=C(/C=C\C(=N)/C(C)=C\NCCO)NC(/N=C\COCc1c(F)c(OC)cc(OC)c1F)=N/C. The molecule has 0 aromatic heterocycles. The lowest BCUT2D eigenvalue weighted by Gasteiger charge is -2.12. The van der Waals surface area contributed by atoms with E-state index in [1.165, 1.54) is 27.5 Å². The number of aliphatic imine (C=N–C) groups is 2. The topological polar surface area (TPSA) is 121 Å². The van der Waals surface area contributed by atoms with Crippen LogP contribution in [0.25, 0.3) is 0 Å². The van der Waals surface area contributed by atoms with Gasteiger partial charge in [-0.25, -0.2) is 13.8 Å². The Bertz CT molecular complexity index is 946. The van der Waals surface area contributed by atoms with E-state index < -0.39 is 11.6 Å². The van der Waals surface area contributed by atoms with Crippen molar-refractivity contribution >= 4 is 17.9 Å². The number of aliphatic hydroxyl groups excluding tert-OH is 1. The van der Waals surface area contributed by atoms with E-state index in [2.05, 4.69) is 27.2 Å². The number of hydrogen-bond acceptors (Lipinski definition) is 7. The van der Waals surface area contributed by atoms with Crippen molar-refractivity contribution in [3.8, 4) is 11.5 Å². The largest absolute Gasteiger partial charge is 0.494 e. The Kier molecular flexibility index (Phi) is 12.8. The summed E-state index contributed by atoms with van der Waals surface area (Å²) in [6.07, 6.45) is 6.15. The molecule has 4 N–H and O–H groups in total. The minimum absolute atomic E-state index is 0.00188. The second-order valence-corrected chi connectivity index (χ2v) is 6.66. The number of halogens is 2. The molecule has 0 aliphatic heterocycles. The highest BCUT2D eigenvalue weighted by atomic mass is 19.1. The van der Waals surface area contributed by atoms with Crippen molar-refractivity contribution < 1.29 is 28.1 Å². The van der Waals surface area contributed by atoms with E-state index in [4.69, 9.17) is 24.7 Å². The van der Waals surface area contributed by atoms with E-state index in [0.29, 0.717) is 17.8 Å². The molecule has 0 heterocycles. The molecule has 0 aliphatic carbocycles. The van der Waals surface area contributed by atoms with Crippen LogP contribution in [0.1, 0.15) is 12.5 Å². The highest BCUT2D eigenvalue weighted by Gasteiger charge is 2.19. The number of hydrogen-bond donors (Lipinski definition) is 4. The molecular formula is C23H31F2N5O4. The minimum Gasteiger partial charge on any atom is -0.494 e. The maximum Gasteiger partial charge on any atom is 0.221 e. The summed E-state index contributed by atoms with van der Waals surface area (Å²) in [6, 6.07) is 1.12. The van der Waals surface area contributed by atoms with E-state index in [9.17, 15) is 8.78 Å². The summed E-state index contributed by atoms with van der Waals surface area (Å²) < 4.78 is 43.8. The van der Waals surface area contributed by atoms with Gasteiger partial charge in [0.2, 0.25) is 5.96 Å². The van der Waals surface area contributed by atoms with E-state index in [0.717, 1.165) is 6.07 Å². The summed E-state index contributed by atoms with van der Waals surface area (Å²) in [5, 5.41) is 22.5. The van der Waals surface area contributed by atoms with E-state index >= 15 is 0 Å². The van der Waals surface area contributed by atoms with Gasteiger partial charge in [-0.05, 0) is 24.6 Å². The zero-order chi connectivity index (χ0) is 25.5. The minimum atomic E-state index is -0.863. The van der Waals surface area contributed by atoms with Gasteiger partial charge in [0.1, 0.15) is 0 Å². The quantitative estimate of drug-likeness (QED) is 0.149. The fourth-order valence-corrected chi connectivity index (χ4v) is 2.41. The molecule has 1 aromatic carbocycles. The molecule has 11 heteroatoms. The molecule has 0 unspecified atom stereocenters. The molecule has 0 fully saturated rings. The third-order valence-electron chi connectivity index (χ3n) is 4.25. The van der Waals surface area contributed by atoms with Gasteiger partial charge in [0.15, 0.2) is 23.1 Å². The van der Waals surface area contributed by atoms with E-state index in [1.54, 1.807) is 25.3 Å². The molecule has 0 bridgehead atoms. The Morgan fingerprint density at radius 1 is 1.21 bits per heavy atom. The summed E-state index contributed by atoms with van der Waals surface area (Å²) >= 11 is 0. The zero-order valence-corrected chi connectivity index (χ0v) is 19.7. The molecule has 0 atom stereocenters. The molecule has 9 nitrogen and oxygen atoms in total. The Labute approximate surface area is 198 Å². The Morgan fingerprint density at radius 2 is 1.85 bits per heavy atom. The first kappa shape index (κ1) is 28.5. The highest BCUT2D eigenvalue weighted by molar-refractivity contribution is 6.05. The summed E-state index contributed by atoms with van der Waals surface area (Å²) in [4.78, 5) is 8.07. The molecule has 186 valence electrons. The number of aliphatic hydroxyl groups is 1. The van der Waals surface area contributed by atoms with Crippen LogP contribution in [0.2, 0.25) is 0 Å². The first-order valence-corrected chi connectivity index (χ1v) is 10.2. The Balaban J connectivity index is 2.61. The number of methoxy groups -OCH3 is 2. The van der Waals surface area contributed by atoms with E-state index in [-0.39, 0.29) is 48.6 Å². The molecule has 0 saturated carbocycles. The van der Waals surface area contributed by atoms with Crippen LogP contribution in [-0.4, -0.2) is 64.0 Å². The summed E-state index contributed by atoms with van der Waals surface area (Å²) in [5.41, 5.74) is 1.06. The van der Waals surface area contributed by atoms with Gasteiger partial charge in [-0.3, -0.25) is 4.99 Å². The third-order valence-corrected chi connectivity index (χ3v) is 4.25. The molecule has 1 aromatic rings. The van der Waals surface area contributed by atoms with Gasteiger partial charge >= 0.3 is 0 Å². The molecule has 34 heavy (non-hydrogen) atoms. The zero-order valence-electron chi connectivity index (χ0n) is 19.7. The fourth-order valence-electron chi connectivity index (χ4n) is 2.41. The van der Waals surface area contributed by atoms with Crippen molar-refractivity contribution in [3.05, 3.63) is 59.5 Å². The molecule has 1 rings (SSSR count). The first-order valence-electron chi connectivity index (χ1n) is 10.2. The van der Waals surface area contributed by atoms with Crippen molar-refractivity contribution in [2.75, 3.05) is 41.0 Å². The number of ether oxygens (including phenoxy) is 3. The van der Waals surface area contributed by atoms with Gasteiger partial charge in [-0.1, -0.05) is 6.58 Å². The standard InChI is InChI=1S/C23H31F2N5O4/c1-15(13-28-8-10-31)18(26)7-6-16(2)30-23(27-3)29-9-11-34-14-17-21(24)19(32-4)12-20(33-5)22(17)25/h6-7,9,12-13,26,28,31H,2,8,10-11,14H2,1,3-5H3,(H,27,30)/b7-6-,15-13-,26-18?,29-9-. The molecule has 0 radical (unpaired) electrons. The summed E-state index contributed by atoms with van der Waals surface area (Å²) in [6.45, 7) is 5.59. The lowest BCUT2D eigenvalue weighted by Crippen LogP contribution is -2.20. The molecule has 0 spiro atoms. The second kappa shape index (κ2) is 15.3. The predicted octanol–water partition coefficient (Wildman–Crippen LogP) is 2.72.